The number of hydrogen-bond donors (Lipinski definition) is 2. The number of rotatable bonds is 8. The van der Waals surface area contributed by atoms with Crippen LogP contribution in [0.2, 0.25) is 0 Å². The molecule has 134 valence electrons. The second kappa shape index (κ2) is 9.48. The van der Waals surface area contributed by atoms with E-state index in [9.17, 15) is 9.59 Å². The van der Waals surface area contributed by atoms with Crippen molar-refractivity contribution in [1.29, 1.82) is 0 Å². The Morgan fingerprint density at radius 1 is 1.22 bits per heavy atom. The molecule has 0 bridgehead atoms. The Morgan fingerprint density at radius 2 is 1.91 bits per heavy atom. The highest BCUT2D eigenvalue weighted by Crippen LogP contribution is 2.33. The van der Waals surface area contributed by atoms with Crippen molar-refractivity contribution in [2.75, 3.05) is 26.2 Å². The van der Waals surface area contributed by atoms with Crippen LogP contribution in [0, 0.1) is 17.8 Å². The van der Waals surface area contributed by atoms with Gasteiger partial charge in [0.05, 0.1) is 0 Å². The van der Waals surface area contributed by atoms with Gasteiger partial charge in [-0.25, -0.2) is 0 Å². The number of hydrogen-bond acceptors (Lipinski definition) is 3. The lowest BCUT2D eigenvalue weighted by Gasteiger charge is -2.23. The summed E-state index contributed by atoms with van der Waals surface area (Å²) in [6.07, 6.45) is 3.95. The minimum atomic E-state index is -0.0354. The zero-order valence-corrected chi connectivity index (χ0v) is 15.5. The largest absolute Gasteiger partial charge is 0.356 e. The van der Waals surface area contributed by atoms with Crippen molar-refractivity contribution in [3.05, 3.63) is 0 Å². The first-order chi connectivity index (χ1) is 10.5. The number of carbonyl (C=O) groups is 2. The first-order valence-electron chi connectivity index (χ1n) is 8.72. The molecule has 2 atom stereocenters. The van der Waals surface area contributed by atoms with E-state index in [1.54, 1.807) is 0 Å². The fourth-order valence-corrected chi connectivity index (χ4v) is 3.35. The minimum Gasteiger partial charge on any atom is -0.356 e. The molecule has 2 aliphatic rings. The molecule has 0 aromatic carbocycles. The summed E-state index contributed by atoms with van der Waals surface area (Å²) in [4.78, 5) is 25.4. The van der Waals surface area contributed by atoms with Crippen LogP contribution in [0.15, 0.2) is 0 Å². The van der Waals surface area contributed by atoms with Crippen LogP contribution in [0.3, 0.4) is 0 Å². The monoisotopic (exact) mass is 345 g/mol. The summed E-state index contributed by atoms with van der Waals surface area (Å²) in [5.74, 6) is 2.13. The molecule has 0 unspecified atom stereocenters. The number of amides is 2. The van der Waals surface area contributed by atoms with Crippen LogP contribution in [0.4, 0.5) is 0 Å². The molecule has 1 aliphatic heterocycles. The lowest BCUT2D eigenvalue weighted by Crippen LogP contribution is -2.42. The third-order valence-corrected chi connectivity index (χ3v) is 4.81. The average molecular weight is 346 g/mol. The quantitative estimate of drug-likeness (QED) is 0.659. The van der Waals surface area contributed by atoms with Gasteiger partial charge in [0.15, 0.2) is 0 Å². The number of carbonyl (C=O) groups excluding carboxylic acids is 2. The normalized spacial score (nSPS) is 24.3. The number of nitrogens with one attached hydrogen (secondary N) is 2. The molecule has 0 radical (unpaired) electrons. The first kappa shape index (κ1) is 20.2. The van der Waals surface area contributed by atoms with E-state index in [0.29, 0.717) is 31.2 Å². The molecule has 23 heavy (non-hydrogen) atoms. The highest BCUT2D eigenvalue weighted by atomic mass is 35.5. The Morgan fingerprint density at radius 3 is 2.48 bits per heavy atom. The zero-order valence-electron chi connectivity index (χ0n) is 14.6. The predicted octanol–water partition coefficient (Wildman–Crippen LogP) is 1.81. The highest BCUT2D eigenvalue weighted by molar-refractivity contribution is 5.85. The van der Waals surface area contributed by atoms with E-state index in [4.69, 9.17) is 0 Å². The molecule has 1 aliphatic carbocycles. The van der Waals surface area contributed by atoms with Crippen molar-refractivity contribution in [2.45, 2.75) is 52.5 Å². The third kappa shape index (κ3) is 7.08. The van der Waals surface area contributed by atoms with Gasteiger partial charge in [0, 0.05) is 45.6 Å². The van der Waals surface area contributed by atoms with Gasteiger partial charge in [-0.15, -0.1) is 12.4 Å². The number of halogens is 1. The van der Waals surface area contributed by atoms with Crippen LogP contribution in [0.1, 0.15) is 46.5 Å². The molecule has 1 saturated carbocycles. The van der Waals surface area contributed by atoms with Gasteiger partial charge in [-0.3, -0.25) is 9.59 Å². The molecule has 2 amide bonds. The van der Waals surface area contributed by atoms with E-state index in [-0.39, 0.29) is 30.3 Å². The van der Waals surface area contributed by atoms with E-state index < -0.39 is 0 Å². The van der Waals surface area contributed by atoms with Crippen molar-refractivity contribution in [2.24, 2.45) is 17.8 Å². The molecular weight excluding hydrogens is 314 g/mol. The summed E-state index contributed by atoms with van der Waals surface area (Å²) in [6, 6.07) is 0.284. The summed E-state index contributed by atoms with van der Waals surface area (Å²) >= 11 is 0. The van der Waals surface area contributed by atoms with Crippen molar-refractivity contribution in [3.63, 3.8) is 0 Å². The van der Waals surface area contributed by atoms with Crippen molar-refractivity contribution >= 4 is 24.2 Å². The maximum Gasteiger partial charge on any atom is 0.220 e. The van der Waals surface area contributed by atoms with Gasteiger partial charge < -0.3 is 15.5 Å². The molecule has 5 nitrogen and oxygen atoms in total. The highest BCUT2D eigenvalue weighted by Gasteiger charge is 2.37. The standard InChI is InChI=1S/C17H31N3O2.ClH/c1-12(2)15-10-20(9-14-6-7-14)11-16(15)19-17(22)5-4-8-18-13(3)21;/h12,14-16H,4-11H2,1-3H3,(H,18,21)(H,19,22);1H/t15-,16+;/m1./s1. The van der Waals surface area contributed by atoms with Crippen molar-refractivity contribution in [3.8, 4) is 0 Å². The lowest BCUT2D eigenvalue weighted by atomic mass is 9.91. The minimum absolute atomic E-state index is 0. The topological polar surface area (TPSA) is 61.4 Å². The van der Waals surface area contributed by atoms with E-state index in [2.05, 4.69) is 29.4 Å². The van der Waals surface area contributed by atoms with E-state index in [1.165, 1.54) is 26.3 Å². The first-order valence-corrected chi connectivity index (χ1v) is 8.72. The zero-order chi connectivity index (χ0) is 16.1. The maximum absolute atomic E-state index is 12.1. The number of likely N-dealkylation sites (tertiary alicyclic amines) is 1. The van der Waals surface area contributed by atoms with Gasteiger partial charge in [0.25, 0.3) is 0 Å². The third-order valence-electron chi connectivity index (χ3n) is 4.81. The van der Waals surface area contributed by atoms with Crippen LogP contribution in [-0.2, 0) is 9.59 Å². The van der Waals surface area contributed by atoms with Gasteiger partial charge in [-0.2, -0.15) is 0 Å². The Bertz CT molecular complexity index is 399. The van der Waals surface area contributed by atoms with Crippen LogP contribution >= 0.6 is 12.4 Å². The van der Waals surface area contributed by atoms with Crippen molar-refractivity contribution in [1.82, 2.24) is 15.5 Å². The smallest absolute Gasteiger partial charge is 0.220 e. The van der Waals surface area contributed by atoms with Gasteiger partial charge in [-0.1, -0.05) is 13.8 Å². The molecule has 0 aromatic heterocycles. The SMILES string of the molecule is CC(=O)NCCCC(=O)N[C@H]1CN(CC2CC2)C[C@@H]1C(C)C.Cl. The summed E-state index contributed by atoms with van der Waals surface area (Å²) in [5, 5.41) is 5.96. The van der Waals surface area contributed by atoms with Crippen LogP contribution in [-0.4, -0.2) is 48.9 Å². The second-order valence-corrected chi connectivity index (χ2v) is 7.33. The summed E-state index contributed by atoms with van der Waals surface area (Å²) in [7, 11) is 0. The Balaban J connectivity index is 0.00000264. The molecule has 2 fully saturated rings. The maximum atomic E-state index is 12.1. The summed E-state index contributed by atoms with van der Waals surface area (Å²) in [6.45, 7) is 9.90. The van der Waals surface area contributed by atoms with Gasteiger partial charge in [-0.05, 0) is 37.0 Å². The fraction of sp³-hybridized carbons (Fsp3) is 0.882. The van der Waals surface area contributed by atoms with E-state index in [1.807, 2.05) is 0 Å². The average Bonchev–Trinajstić information content (AvgIpc) is 3.14. The van der Waals surface area contributed by atoms with Crippen LogP contribution < -0.4 is 10.6 Å². The molecule has 0 aromatic rings. The van der Waals surface area contributed by atoms with Crippen LogP contribution in [0.5, 0.6) is 0 Å². The summed E-state index contributed by atoms with van der Waals surface area (Å²) in [5.41, 5.74) is 0. The molecule has 2 rings (SSSR count). The molecule has 0 spiro atoms. The predicted molar refractivity (Wildman–Crippen MR) is 94.6 cm³/mol. The molecule has 1 saturated heterocycles. The molecule has 2 N–H and O–H groups in total. The Kier molecular flexibility index (Phi) is 8.34. The lowest BCUT2D eigenvalue weighted by molar-refractivity contribution is -0.123. The fourth-order valence-electron chi connectivity index (χ4n) is 3.35. The number of nitrogens with zero attached hydrogens (tertiary/aromatic N) is 1. The summed E-state index contributed by atoms with van der Waals surface area (Å²) < 4.78 is 0. The second-order valence-electron chi connectivity index (χ2n) is 7.33. The van der Waals surface area contributed by atoms with Crippen molar-refractivity contribution < 1.29 is 9.59 Å². The van der Waals surface area contributed by atoms with Gasteiger partial charge >= 0.3 is 0 Å². The van der Waals surface area contributed by atoms with E-state index in [0.717, 1.165) is 19.0 Å². The molecular formula is C17H32ClN3O2. The van der Waals surface area contributed by atoms with Crippen LogP contribution in [0.25, 0.3) is 0 Å². The van der Waals surface area contributed by atoms with Gasteiger partial charge in [0.2, 0.25) is 11.8 Å². The Labute approximate surface area is 146 Å². The van der Waals surface area contributed by atoms with Gasteiger partial charge in [0.1, 0.15) is 0 Å². The Hall–Kier alpha value is -0.810. The molecule has 6 heteroatoms. The van der Waals surface area contributed by atoms with E-state index >= 15 is 0 Å². The molecule has 1 heterocycles.